The van der Waals surface area contributed by atoms with Crippen molar-refractivity contribution in [2.45, 2.75) is 29.6 Å². The van der Waals surface area contributed by atoms with Crippen LogP contribution in [0.25, 0.3) is 0 Å². The van der Waals surface area contributed by atoms with Gasteiger partial charge in [0.2, 0.25) is 0 Å². The number of aliphatic imine (C=N–C) groups is 1. The number of aromatic nitrogens is 1. The highest BCUT2D eigenvalue weighted by molar-refractivity contribution is 14.0. The summed E-state index contributed by atoms with van der Waals surface area (Å²) in [6.07, 6.45) is 4.44. The Morgan fingerprint density at radius 2 is 2.28 bits per heavy atom. The van der Waals surface area contributed by atoms with Crippen molar-refractivity contribution in [1.82, 2.24) is 20.5 Å². The van der Waals surface area contributed by atoms with E-state index in [1.54, 1.807) is 35.0 Å². The average molecular weight is 499 g/mol. The minimum absolute atomic E-state index is 0. The number of ether oxygens (including phenoxy) is 1. The van der Waals surface area contributed by atoms with E-state index < -0.39 is 0 Å². The van der Waals surface area contributed by atoms with Crippen molar-refractivity contribution >= 4 is 59.1 Å². The molecule has 0 aliphatic carbocycles. The maximum absolute atomic E-state index is 11.5. The van der Waals surface area contributed by atoms with Gasteiger partial charge in [-0.05, 0) is 19.3 Å². The molecule has 1 amide bonds. The van der Waals surface area contributed by atoms with Crippen molar-refractivity contribution in [2.24, 2.45) is 4.99 Å². The fraction of sp³-hybridized carbons (Fsp3) is 0.667. The van der Waals surface area contributed by atoms with Crippen LogP contribution in [-0.2, 0) is 4.74 Å². The van der Waals surface area contributed by atoms with Gasteiger partial charge in [-0.15, -0.1) is 35.3 Å². The molecule has 0 atom stereocenters. The normalized spacial score (nSPS) is 15.4. The van der Waals surface area contributed by atoms with Crippen LogP contribution in [0.1, 0.15) is 19.3 Å². The first-order valence-corrected chi connectivity index (χ1v) is 9.92. The second-order valence-corrected chi connectivity index (χ2v) is 7.61. The third kappa shape index (κ3) is 7.99. The van der Waals surface area contributed by atoms with E-state index in [1.807, 2.05) is 11.6 Å². The van der Waals surface area contributed by atoms with Crippen molar-refractivity contribution in [3.63, 3.8) is 0 Å². The summed E-state index contributed by atoms with van der Waals surface area (Å²) < 4.78 is 5.88. The largest absolute Gasteiger partial charge is 0.453 e. The van der Waals surface area contributed by atoms with E-state index in [0.29, 0.717) is 19.1 Å². The Balaban J connectivity index is 0.00000312. The van der Waals surface area contributed by atoms with Crippen LogP contribution >= 0.6 is 47.1 Å². The van der Waals surface area contributed by atoms with Gasteiger partial charge in [0.25, 0.3) is 0 Å². The summed E-state index contributed by atoms with van der Waals surface area (Å²) in [5.74, 6) is 1.86. The summed E-state index contributed by atoms with van der Waals surface area (Å²) in [7, 11) is 3.20. The molecule has 0 saturated carbocycles. The zero-order chi connectivity index (χ0) is 17.2. The van der Waals surface area contributed by atoms with Crippen LogP contribution in [0.2, 0.25) is 0 Å². The summed E-state index contributed by atoms with van der Waals surface area (Å²) in [5.41, 5.74) is 0. The molecule has 0 aromatic carbocycles. The van der Waals surface area contributed by atoms with E-state index >= 15 is 0 Å². The van der Waals surface area contributed by atoms with Gasteiger partial charge >= 0.3 is 6.09 Å². The van der Waals surface area contributed by atoms with Crippen LogP contribution in [0.15, 0.2) is 20.9 Å². The van der Waals surface area contributed by atoms with Gasteiger partial charge in [0.1, 0.15) is 4.34 Å². The van der Waals surface area contributed by atoms with Crippen molar-refractivity contribution in [3.05, 3.63) is 11.6 Å². The molecule has 142 valence electrons. The van der Waals surface area contributed by atoms with Gasteiger partial charge < -0.3 is 20.3 Å². The zero-order valence-electron chi connectivity index (χ0n) is 14.6. The molecule has 0 bridgehead atoms. The van der Waals surface area contributed by atoms with Crippen LogP contribution in [0.3, 0.4) is 0 Å². The molecule has 1 aromatic rings. The number of nitrogens with zero attached hydrogens (tertiary/aromatic N) is 3. The third-order valence-electron chi connectivity index (χ3n) is 3.74. The van der Waals surface area contributed by atoms with Crippen molar-refractivity contribution in [1.29, 1.82) is 0 Å². The van der Waals surface area contributed by atoms with Crippen molar-refractivity contribution in [3.8, 4) is 0 Å². The summed E-state index contributed by atoms with van der Waals surface area (Å²) in [6.45, 7) is 2.30. The molecule has 25 heavy (non-hydrogen) atoms. The smallest absolute Gasteiger partial charge is 0.409 e. The molecule has 1 fully saturated rings. The monoisotopic (exact) mass is 499 g/mol. The molecule has 2 N–H and O–H groups in total. The molecule has 1 aromatic heterocycles. The Morgan fingerprint density at radius 3 is 2.88 bits per heavy atom. The second kappa shape index (κ2) is 12.6. The molecule has 10 heteroatoms. The van der Waals surface area contributed by atoms with E-state index in [4.69, 9.17) is 4.74 Å². The van der Waals surface area contributed by atoms with E-state index in [9.17, 15) is 4.79 Å². The number of likely N-dealkylation sites (tertiary alicyclic amines) is 1. The number of carbonyl (C=O) groups is 1. The molecular formula is C15H26IN5O2S2. The molecule has 0 unspecified atom stereocenters. The topological polar surface area (TPSA) is 78.9 Å². The van der Waals surface area contributed by atoms with Gasteiger partial charge in [-0.2, -0.15) is 0 Å². The number of piperidine rings is 1. The highest BCUT2D eigenvalue weighted by atomic mass is 127. The number of methoxy groups -OCH3 is 1. The van der Waals surface area contributed by atoms with Gasteiger partial charge in [0, 0.05) is 50.1 Å². The van der Waals surface area contributed by atoms with Crippen molar-refractivity contribution < 1.29 is 9.53 Å². The highest BCUT2D eigenvalue weighted by Gasteiger charge is 2.23. The molecular weight excluding hydrogens is 473 g/mol. The quantitative estimate of drug-likeness (QED) is 0.206. The molecule has 7 nitrogen and oxygen atoms in total. The summed E-state index contributed by atoms with van der Waals surface area (Å²) >= 11 is 3.46. The highest BCUT2D eigenvalue weighted by Crippen LogP contribution is 2.20. The lowest BCUT2D eigenvalue weighted by Gasteiger charge is -2.32. The first kappa shape index (κ1) is 22.3. The van der Waals surface area contributed by atoms with E-state index in [0.717, 1.165) is 41.9 Å². The number of thioether (sulfide) groups is 1. The summed E-state index contributed by atoms with van der Waals surface area (Å²) in [5, 5.41) is 8.77. The lowest BCUT2D eigenvalue weighted by atomic mass is 10.1. The van der Waals surface area contributed by atoms with E-state index in [1.165, 1.54) is 7.11 Å². The van der Waals surface area contributed by atoms with Gasteiger partial charge in [-0.3, -0.25) is 4.99 Å². The van der Waals surface area contributed by atoms with Crippen LogP contribution in [0.5, 0.6) is 0 Å². The fourth-order valence-electron chi connectivity index (χ4n) is 2.44. The number of hydrogen-bond donors (Lipinski definition) is 2. The lowest BCUT2D eigenvalue weighted by Crippen LogP contribution is -2.49. The summed E-state index contributed by atoms with van der Waals surface area (Å²) in [4.78, 5) is 21.7. The van der Waals surface area contributed by atoms with Crippen LogP contribution in [0.4, 0.5) is 4.79 Å². The molecule has 2 rings (SSSR count). The van der Waals surface area contributed by atoms with E-state index in [-0.39, 0.29) is 30.1 Å². The van der Waals surface area contributed by atoms with Gasteiger partial charge in [0.15, 0.2) is 5.96 Å². The fourth-order valence-corrected chi connectivity index (χ4v) is 4.09. The predicted octanol–water partition coefficient (Wildman–Crippen LogP) is 2.64. The first-order valence-electron chi connectivity index (χ1n) is 8.05. The molecule has 0 spiro atoms. The average Bonchev–Trinajstić information content (AvgIpc) is 3.13. The Labute approximate surface area is 174 Å². The third-order valence-corrected chi connectivity index (χ3v) is 5.79. The Kier molecular flexibility index (Phi) is 11.2. The number of guanidine groups is 1. The van der Waals surface area contributed by atoms with Crippen molar-refractivity contribution in [2.75, 3.05) is 39.5 Å². The number of halogens is 1. The second-order valence-electron chi connectivity index (χ2n) is 5.37. The number of hydrogen-bond acceptors (Lipinski definition) is 6. The van der Waals surface area contributed by atoms with Gasteiger partial charge in [-0.25, -0.2) is 9.78 Å². The Morgan fingerprint density at radius 1 is 1.52 bits per heavy atom. The van der Waals surface area contributed by atoms with E-state index in [2.05, 4.69) is 20.6 Å². The molecule has 1 saturated heterocycles. The maximum Gasteiger partial charge on any atom is 0.409 e. The number of amides is 1. The zero-order valence-corrected chi connectivity index (χ0v) is 18.5. The first-order chi connectivity index (χ1) is 11.7. The molecule has 2 heterocycles. The maximum atomic E-state index is 11.5. The molecule has 0 radical (unpaired) electrons. The molecule has 1 aliphatic heterocycles. The Hall–Kier alpha value is -0.750. The van der Waals surface area contributed by atoms with Gasteiger partial charge in [-0.1, -0.05) is 11.8 Å². The lowest BCUT2D eigenvalue weighted by molar-refractivity contribution is 0.111. The number of nitrogens with one attached hydrogen (secondary N) is 2. The number of thiazole rings is 1. The van der Waals surface area contributed by atoms with Gasteiger partial charge in [0.05, 0.1) is 7.11 Å². The minimum Gasteiger partial charge on any atom is -0.453 e. The number of rotatable bonds is 6. The Bertz CT molecular complexity index is 522. The standard InChI is InChI=1S/C15H25N5O2S2.HI/c1-16-13(17-6-3-10-23-14-18-7-11-24-14)19-12-4-8-20(9-5-12)15(21)22-2;/h7,11-12H,3-6,8-10H2,1-2H3,(H2,16,17,19);1H. The number of carbonyl (C=O) groups excluding carboxylic acids is 1. The van der Waals surface area contributed by atoms with Crippen LogP contribution in [0, 0.1) is 0 Å². The summed E-state index contributed by atoms with van der Waals surface area (Å²) in [6, 6.07) is 0.335. The SMILES string of the molecule is CN=C(NCCCSc1nccs1)NC1CCN(C(=O)OC)CC1.I. The molecule has 1 aliphatic rings. The minimum atomic E-state index is -0.242. The van der Waals surface area contributed by atoms with Crippen LogP contribution < -0.4 is 10.6 Å². The predicted molar refractivity (Wildman–Crippen MR) is 114 cm³/mol. The van der Waals surface area contributed by atoms with Crippen LogP contribution in [-0.4, -0.2) is 67.5 Å².